The number of nitrogens with one attached hydrogen (secondary N) is 1. The van der Waals surface area contributed by atoms with Gasteiger partial charge < -0.3 is 10.2 Å². The Kier molecular flexibility index (Phi) is 4.04. The van der Waals surface area contributed by atoms with Crippen molar-refractivity contribution in [3.63, 3.8) is 0 Å². The summed E-state index contributed by atoms with van der Waals surface area (Å²) in [6, 6.07) is 6.35. The van der Waals surface area contributed by atoms with Crippen molar-refractivity contribution in [3.05, 3.63) is 47.0 Å². The van der Waals surface area contributed by atoms with Crippen molar-refractivity contribution < 1.29 is 13.8 Å². The van der Waals surface area contributed by atoms with Gasteiger partial charge in [0, 0.05) is 19.0 Å². The molecule has 22 heavy (non-hydrogen) atoms. The Hall–Kier alpha value is -2.44. The summed E-state index contributed by atoms with van der Waals surface area (Å²) in [5, 5.41) is 10.2. The van der Waals surface area contributed by atoms with Gasteiger partial charge in [-0.1, -0.05) is 22.4 Å². The molecular weight excluding hydrogens is 287 g/mol. The number of benzene rings is 1. The Balaban J connectivity index is 1.54. The van der Waals surface area contributed by atoms with E-state index in [1.165, 1.54) is 12.1 Å². The van der Waals surface area contributed by atoms with E-state index in [-0.39, 0.29) is 17.8 Å². The van der Waals surface area contributed by atoms with Crippen LogP contribution in [0.1, 0.15) is 29.3 Å². The zero-order valence-corrected chi connectivity index (χ0v) is 12.3. The number of likely N-dealkylation sites (tertiary alicyclic amines) is 1. The third-order valence-electron chi connectivity index (χ3n) is 3.97. The van der Waals surface area contributed by atoms with Crippen molar-refractivity contribution >= 4 is 6.03 Å². The van der Waals surface area contributed by atoms with Crippen molar-refractivity contribution in [1.29, 1.82) is 0 Å². The Morgan fingerprint density at radius 3 is 2.86 bits per heavy atom. The van der Waals surface area contributed by atoms with Crippen LogP contribution in [-0.2, 0) is 6.54 Å². The van der Waals surface area contributed by atoms with Crippen molar-refractivity contribution in [1.82, 2.24) is 20.5 Å². The van der Waals surface area contributed by atoms with Crippen LogP contribution in [0.2, 0.25) is 0 Å². The first-order chi connectivity index (χ1) is 10.6. The maximum Gasteiger partial charge on any atom is 0.317 e. The highest BCUT2D eigenvalue weighted by atomic mass is 19.1. The van der Waals surface area contributed by atoms with Gasteiger partial charge in [0.15, 0.2) is 0 Å². The van der Waals surface area contributed by atoms with E-state index in [0.29, 0.717) is 31.0 Å². The quantitative estimate of drug-likeness (QED) is 0.944. The summed E-state index contributed by atoms with van der Waals surface area (Å²) in [4.78, 5) is 13.9. The van der Waals surface area contributed by atoms with Crippen LogP contribution in [0, 0.1) is 12.7 Å². The Morgan fingerprint density at radius 1 is 1.41 bits per heavy atom. The number of aromatic nitrogens is 2. The van der Waals surface area contributed by atoms with Gasteiger partial charge in [0.2, 0.25) is 0 Å². The molecule has 1 aromatic carbocycles. The second-order valence-corrected chi connectivity index (χ2v) is 5.44. The molecule has 3 rings (SSSR count). The summed E-state index contributed by atoms with van der Waals surface area (Å²) in [7, 11) is 0. The number of amides is 2. The predicted molar refractivity (Wildman–Crippen MR) is 76.6 cm³/mol. The van der Waals surface area contributed by atoms with E-state index < -0.39 is 0 Å². The largest absolute Gasteiger partial charge is 0.332 e. The summed E-state index contributed by atoms with van der Waals surface area (Å²) in [6.45, 7) is 3.39. The Morgan fingerprint density at radius 2 is 2.18 bits per heavy atom. The van der Waals surface area contributed by atoms with Crippen LogP contribution in [0.15, 0.2) is 28.9 Å². The standard InChI is InChI=1S/C15H17FN4O2/c1-10-14(19-22-18-10)8-17-15(21)20-7-6-12(9-20)11-2-4-13(16)5-3-11/h2-5,12H,6-9H2,1H3,(H,17,21). The van der Waals surface area contributed by atoms with Crippen molar-refractivity contribution in [2.75, 3.05) is 13.1 Å². The maximum absolute atomic E-state index is 13.0. The molecule has 1 aliphatic rings. The molecule has 1 atom stereocenters. The molecule has 0 aliphatic carbocycles. The average Bonchev–Trinajstić information content (AvgIpc) is 3.15. The topological polar surface area (TPSA) is 71.3 Å². The number of hydrogen-bond acceptors (Lipinski definition) is 4. The number of aryl methyl sites for hydroxylation is 1. The van der Waals surface area contributed by atoms with Gasteiger partial charge >= 0.3 is 6.03 Å². The molecule has 1 saturated heterocycles. The fraction of sp³-hybridized carbons (Fsp3) is 0.400. The zero-order chi connectivity index (χ0) is 15.5. The van der Waals surface area contributed by atoms with E-state index in [0.717, 1.165) is 12.0 Å². The van der Waals surface area contributed by atoms with Gasteiger partial charge in [0.25, 0.3) is 0 Å². The summed E-state index contributed by atoms with van der Waals surface area (Å²) in [5.74, 6) is 0.00902. The summed E-state index contributed by atoms with van der Waals surface area (Å²) >= 11 is 0. The van der Waals surface area contributed by atoms with Gasteiger partial charge in [0.05, 0.1) is 6.54 Å². The lowest BCUT2D eigenvalue weighted by molar-refractivity contribution is 0.207. The van der Waals surface area contributed by atoms with Crippen LogP contribution in [0.5, 0.6) is 0 Å². The maximum atomic E-state index is 13.0. The first-order valence-electron chi connectivity index (χ1n) is 7.20. The van der Waals surface area contributed by atoms with E-state index >= 15 is 0 Å². The van der Waals surface area contributed by atoms with Crippen LogP contribution in [0.25, 0.3) is 0 Å². The number of carbonyl (C=O) groups is 1. The molecule has 0 spiro atoms. The number of halogens is 1. The van der Waals surface area contributed by atoms with Crippen molar-refractivity contribution in [2.24, 2.45) is 0 Å². The number of nitrogens with zero attached hydrogens (tertiary/aromatic N) is 3. The highest BCUT2D eigenvalue weighted by Crippen LogP contribution is 2.27. The van der Waals surface area contributed by atoms with Crippen LogP contribution >= 0.6 is 0 Å². The minimum Gasteiger partial charge on any atom is -0.332 e. The summed E-state index contributed by atoms with van der Waals surface area (Å²) in [6.07, 6.45) is 0.879. The second kappa shape index (κ2) is 6.13. The lowest BCUT2D eigenvalue weighted by atomic mass is 9.99. The molecule has 2 heterocycles. The molecule has 2 aromatic rings. The van der Waals surface area contributed by atoms with Crippen LogP contribution in [-0.4, -0.2) is 34.3 Å². The van der Waals surface area contributed by atoms with Gasteiger partial charge in [-0.05, 0) is 31.0 Å². The third kappa shape index (κ3) is 3.08. The fourth-order valence-corrected chi connectivity index (χ4v) is 2.63. The molecule has 116 valence electrons. The molecule has 1 fully saturated rings. The number of urea groups is 1. The molecule has 6 nitrogen and oxygen atoms in total. The van der Waals surface area contributed by atoms with E-state index in [4.69, 9.17) is 0 Å². The minimum atomic E-state index is -0.243. The van der Waals surface area contributed by atoms with Gasteiger partial charge in [-0.3, -0.25) is 0 Å². The van der Waals surface area contributed by atoms with E-state index in [9.17, 15) is 9.18 Å². The van der Waals surface area contributed by atoms with E-state index in [1.54, 1.807) is 24.0 Å². The lowest BCUT2D eigenvalue weighted by Crippen LogP contribution is -2.38. The van der Waals surface area contributed by atoms with Gasteiger partial charge in [-0.15, -0.1) is 0 Å². The molecular formula is C15H17FN4O2. The minimum absolute atomic E-state index is 0.132. The van der Waals surface area contributed by atoms with Crippen LogP contribution in [0.3, 0.4) is 0 Å². The number of hydrogen-bond donors (Lipinski definition) is 1. The van der Waals surface area contributed by atoms with Gasteiger partial charge in [-0.2, -0.15) is 0 Å². The SMILES string of the molecule is Cc1nonc1CNC(=O)N1CCC(c2ccc(F)cc2)C1. The monoisotopic (exact) mass is 304 g/mol. The molecule has 0 bridgehead atoms. The van der Waals surface area contributed by atoms with Gasteiger partial charge in [0.1, 0.15) is 17.2 Å². The summed E-state index contributed by atoms with van der Waals surface area (Å²) in [5.41, 5.74) is 2.36. The number of carbonyl (C=O) groups excluding carboxylic acids is 1. The molecule has 0 radical (unpaired) electrons. The van der Waals surface area contributed by atoms with Crippen molar-refractivity contribution in [3.8, 4) is 0 Å². The Bertz CT molecular complexity index is 656. The number of rotatable bonds is 3. The normalized spacial score (nSPS) is 17.7. The molecule has 2 amide bonds. The highest BCUT2D eigenvalue weighted by Gasteiger charge is 2.27. The van der Waals surface area contributed by atoms with E-state index in [1.807, 2.05) is 0 Å². The smallest absolute Gasteiger partial charge is 0.317 e. The average molecular weight is 304 g/mol. The lowest BCUT2D eigenvalue weighted by Gasteiger charge is -2.17. The van der Waals surface area contributed by atoms with Crippen molar-refractivity contribution in [2.45, 2.75) is 25.8 Å². The first-order valence-corrected chi connectivity index (χ1v) is 7.20. The second-order valence-electron chi connectivity index (χ2n) is 5.44. The molecule has 1 N–H and O–H groups in total. The fourth-order valence-electron chi connectivity index (χ4n) is 2.63. The molecule has 7 heteroatoms. The van der Waals surface area contributed by atoms with Crippen LogP contribution < -0.4 is 5.32 Å². The van der Waals surface area contributed by atoms with Crippen LogP contribution in [0.4, 0.5) is 9.18 Å². The first kappa shape index (κ1) is 14.5. The predicted octanol–water partition coefficient (Wildman–Crippen LogP) is 2.22. The highest BCUT2D eigenvalue weighted by molar-refractivity contribution is 5.74. The molecule has 1 aromatic heterocycles. The third-order valence-corrected chi connectivity index (χ3v) is 3.97. The molecule has 0 saturated carbocycles. The summed E-state index contributed by atoms with van der Waals surface area (Å²) < 4.78 is 17.5. The zero-order valence-electron chi connectivity index (χ0n) is 12.3. The van der Waals surface area contributed by atoms with E-state index in [2.05, 4.69) is 20.3 Å². The Labute approximate surface area is 127 Å². The van der Waals surface area contributed by atoms with Gasteiger partial charge in [-0.25, -0.2) is 13.8 Å². The molecule has 1 unspecified atom stereocenters. The molecule has 1 aliphatic heterocycles.